The first-order valence-corrected chi connectivity index (χ1v) is 30.4. The van der Waals surface area contributed by atoms with E-state index in [4.69, 9.17) is 38.7 Å². The summed E-state index contributed by atoms with van der Waals surface area (Å²) in [5, 5.41) is 10.5. The van der Waals surface area contributed by atoms with Crippen LogP contribution in [0.25, 0.3) is 187 Å². The van der Waals surface area contributed by atoms with Crippen molar-refractivity contribution in [1.82, 2.24) is 39.0 Å². The van der Waals surface area contributed by atoms with E-state index in [9.17, 15) is 0 Å². The van der Waals surface area contributed by atoms with Gasteiger partial charge >= 0.3 is 0 Å². The smallest absolute Gasteiger partial charge is 0.238 e. The molecule has 0 aliphatic heterocycles. The molecule has 0 bridgehead atoms. The lowest BCUT2D eigenvalue weighted by molar-refractivity contribution is 0.673. The molecular weight excluding hydrogens is 1110 g/mol. The van der Waals surface area contributed by atoms with Gasteiger partial charge in [-0.1, -0.05) is 200 Å². The van der Waals surface area contributed by atoms with Gasteiger partial charge in [-0.05, 0) is 83.4 Å². The fourth-order valence-electron chi connectivity index (χ4n) is 13.4. The molecule has 19 aromatic rings. The van der Waals surface area contributed by atoms with Gasteiger partial charge in [0.05, 0.1) is 32.8 Å². The minimum atomic E-state index is 0.500. The minimum Gasteiger partial charge on any atom is -0.455 e. The Balaban J connectivity index is 0.789. The largest absolute Gasteiger partial charge is 0.455 e. The number of para-hydroxylation sites is 4. The second kappa shape index (κ2) is 19.3. The Kier molecular flexibility index (Phi) is 10.7. The summed E-state index contributed by atoms with van der Waals surface area (Å²) in [7, 11) is 0. The summed E-state index contributed by atoms with van der Waals surface area (Å²) < 4.78 is 20.7. The number of hydrogen-bond acceptors (Lipinski definition) is 9. The molecule has 0 aliphatic carbocycles. The molecule has 10 nitrogen and oxygen atoms in total. The molecule has 19 rings (SSSR count). The second-order valence-electron chi connectivity index (χ2n) is 22.5. The van der Waals surface area contributed by atoms with Crippen molar-refractivity contribution in [2.75, 3.05) is 0 Å². The first-order chi connectivity index (χ1) is 44.1. The third kappa shape index (κ3) is 7.62. The van der Waals surface area contributed by atoms with Gasteiger partial charge < -0.3 is 8.83 Å². The summed E-state index contributed by atoms with van der Waals surface area (Å²) in [5.41, 5.74) is 14.6. The van der Waals surface area contributed by atoms with Gasteiger partial charge in [0.25, 0.3) is 0 Å². The van der Waals surface area contributed by atoms with Crippen molar-refractivity contribution in [3.8, 4) is 79.7 Å². The van der Waals surface area contributed by atoms with E-state index in [1.165, 1.54) is 10.1 Å². The van der Waals surface area contributed by atoms with Crippen LogP contribution in [0.2, 0.25) is 0 Å². The van der Waals surface area contributed by atoms with Crippen LogP contribution >= 0.6 is 11.3 Å². The van der Waals surface area contributed by atoms with Crippen molar-refractivity contribution in [1.29, 1.82) is 0 Å². The van der Waals surface area contributed by atoms with Crippen molar-refractivity contribution in [2.24, 2.45) is 0 Å². The van der Waals surface area contributed by atoms with Gasteiger partial charge in [-0.3, -0.25) is 9.13 Å². The first-order valence-electron chi connectivity index (χ1n) is 29.6. The highest BCUT2D eigenvalue weighted by Crippen LogP contribution is 2.46. The van der Waals surface area contributed by atoms with E-state index in [1.54, 1.807) is 11.3 Å². The highest BCUT2D eigenvalue weighted by Gasteiger charge is 2.26. The molecule has 12 aromatic carbocycles. The van der Waals surface area contributed by atoms with Crippen molar-refractivity contribution in [2.45, 2.75) is 0 Å². The van der Waals surface area contributed by atoms with Crippen molar-refractivity contribution in [3.63, 3.8) is 0 Å². The van der Waals surface area contributed by atoms with Gasteiger partial charge in [-0.15, -0.1) is 11.3 Å². The fraction of sp³-hybridized carbons (Fsp3) is 0. The highest BCUT2D eigenvalue weighted by molar-refractivity contribution is 7.26. The lowest BCUT2D eigenvalue weighted by atomic mass is 10.00. The molecule has 0 fully saturated rings. The molecule has 414 valence electrons. The van der Waals surface area contributed by atoms with Crippen LogP contribution < -0.4 is 0 Å². The van der Waals surface area contributed by atoms with Crippen LogP contribution in [-0.2, 0) is 0 Å². The van der Waals surface area contributed by atoms with Gasteiger partial charge in [0.2, 0.25) is 11.9 Å². The first kappa shape index (κ1) is 49.4. The standard InChI is InChI=1S/C78H44N8O2S/c1-3-19-45(20-4-1)47-23-15-25-49(43-47)74-79-73(46-21-5-2-6-22-46)81-77(82-74)85-62-36-12-8-30-59(62)68-64(85)42-40-56-54-32-17-31-51(69(54)88-71(56)68)48-24-16-26-50(44-48)75-80-76(60-34-18-33-57-53-28-10-14-38-66(53)89-72(57)60)84-78(83-75)86-61-35-11-7-29-58(61)67-63(86)41-39-55-52-27-9-13-37-65(52)87-70(55)67/h1-44H. The number of fused-ring (bicyclic) bond motifs is 17. The van der Waals surface area contributed by atoms with Crippen LogP contribution in [0, 0.1) is 0 Å². The lowest BCUT2D eigenvalue weighted by Crippen LogP contribution is -2.06. The average Bonchev–Trinajstić information content (AvgIpc) is 1.70. The molecule has 0 unspecified atom stereocenters. The zero-order chi connectivity index (χ0) is 58.3. The molecule has 0 radical (unpaired) electrons. The molecule has 0 aliphatic rings. The van der Waals surface area contributed by atoms with E-state index in [2.05, 4.69) is 228 Å². The Labute approximate surface area is 510 Å². The Morgan fingerprint density at radius 1 is 0.270 bits per heavy atom. The van der Waals surface area contributed by atoms with Crippen LogP contribution in [0.4, 0.5) is 0 Å². The molecule has 0 N–H and O–H groups in total. The molecule has 89 heavy (non-hydrogen) atoms. The maximum atomic E-state index is 7.32. The SMILES string of the molecule is c1ccc(-c2cccc(-c3nc(-c4ccccc4)nc(-n4c5ccccc5c5c6oc7c(-c8cccc(-c9nc(-c%10cccc%11c%10sc%10ccccc%10%11)nc(-n%10c%11ccccc%11c%11c%12oc%13ccccc%13c%12ccc%11%10)n9)c8)cccc7c6ccc54)n3)c2)cc1. The van der Waals surface area contributed by atoms with Crippen LogP contribution in [-0.4, -0.2) is 39.0 Å². The summed E-state index contributed by atoms with van der Waals surface area (Å²) in [5.74, 6) is 3.27. The van der Waals surface area contributed by atoms with Gasteiger partial charge in [-0.2, -0.15) is 19.9 Å². The molecule has 0 saturated heterocycles. The van der Waals surface area contributed by atoms with E-state index in [1.807, 2.05) is 48.5 Å². The summed E-state index contributed by atoms with van der Waals surface area (Å²) in [6, 6.07) is 92.6. The number of aromatic nitrogens is 8. The van der Waals surface area contributed by atoms with Gasteiger partial charge in [0, 0.05) is 80.3 Å². The maximum absolute atomic E-state index is 7.32. The molecule has 0 amide bonds. The monoisotopic (exact) mass is 1160 g/mol. The van der Waals surface area contributed by atoms with Gasteiger partial charge in [-0.25, -0.2) is 9.97 Å². The molecule has 11 heteroatoms. The van der Waals surface area contributed by atoms with Gasteiger partial charge in [0.1, 0.15) is 22.3 Å². The topological polar surface area (TPSA) is 113 Å². The van der Waals surface area contributed by atoms with Crippen LogP contribution in [0.3, 0.4) is 0 Å². The molecule has 0 spiro atoms. The normalized spacial score (nSPS) is 12.0. The zero-order valence-electron chi connectivity index (χ0n) is 47.2. The van der Waals surface area contributed by atoms with Crippen LogP contribution in [0.5, 0.6) is 0 Å². The third-order valence-corrected chi connectivity index (χ3v) is 18.7. The van der Waals surface area contributed by atoms with E-state index in [0.29, 0.717) is 35.2 Å². The number of thiophene rings is 1. The van der Waals surface area contributed by atoms with E-state index in [0.717, 1.165) is 142 Å². The van der Waals surface area contributed by atoms with E-state index in [-0.39, 0.29) is 0 Å². The third-order valence-electron chi connectivity index (χ3n) is 17.5. The predicted octanol–water partition coefficient (Wildman–Crippen LogP) is 20.4. The number of hydrogen-bond donors (Lipinski definition) is 0. The van der Waals surface area contributed by atoms with Crippen LogP contribution in [0.15, 0.2) is 276 Å². The fourth-order valence-corrected chi connectivity index (χ4v) is 14.7. The quantitative estimate of drug-likeness (QED) is 0.148. The lowest BCUT2D eigenvalue weighted by Gasteiger charge is -2.12. The Bertz CT molecular complexity index is 6140. The summed E-state index contributed by atoms with van der Waals surface area (Å²) in [6.45, 7) is 0. The summed E-state index contributed by atoms with van der Waals surface area (Å²) in [6.07, 6.45) is 0. The predicted molar refractivity (Wildman–Crippen MR) is 362 cm³/mol. The summed E-state index contributed by atoms with van der Waals surface area (Å²) in [4.78, 5) is 32.1. The number of nitrogens with zero attached hydrogens (tertiary/aromatic N) is 8. The van der Waals surface area contributed by atoms with Crippen LogP contribution in [0.1, 0.15) is 0 Å². The van der Waals surface area contributed by atoms with E-state index < -0.39 is 0 Å². The minimum absolute atomic E-state index is 0.500. The number of benzene rings is 12. The highest BCUT2D eigenvalue weighted by atomic mass is 32.1. The summed E-state index contributed by atoms with van der Waals surface area (Å²) >= 11 is 1.76. The Morgan fingerprint density at radius 2 is 0.730 bits per heavy atom. The Hall–Kier alpha value is -11.9. The molecule has 7 heterocycles. The molecule has 0 saturated carbocycles. The molecule has 7 aromatic heterocycles. The van der Waals surface area contributed by atoms with Crippen molar-refractivity contribution < 1.29 is 8.83 Å². The molecule has 0 atom stereocenters. The Morgan fingerprint density at radius 3 is 1.43 bits per heavy atom. The second-order valence-corrected chi connectivity index (χ2v) is 23.6. The zero-order valence-corrected chi connectivity index (χ0v) is 48.0. The van der Waals surface area contributed by atoms with Gasteiger partial charge in [0.15, 0.2) is 23.3 Å². The van der Waals surface area contributed by atoms with E-state index >= 15 is 0 Å². The molecular formula is C78H44N8O2S. The number of furan rings is 2. The maximum Gasteiger partial charge on any atom is 0.238 e. The average molecular weight is 1160 g/mol. The van der Waals surface area contributed by atoms with Crippen molar-refractivity contribution in [3.05, 3.63) is 267 Å². The number of rotatable bonds is 8. The van der Waals surface area contributed by atoms with Crippen molar-refractivity contribution >= 4 is 119 Å².